The Bertz CT molecular complexity index is 1220. The molecule has 3 N–H and O–H groups in total. The van der Waals surface area contributed by atoms with Crippen molar-refractivity contribution in [2.45, 2.75) is 13.0 Å². The summed E-state index contributed by atoms with van der Waals surface area (Å²) in [6.45, 7) is 1.27. The van der Waals surface area contributed by atoms with E-state index in [9.17, 15) is 4.79 Å². The third-order valence-corrected chi connectivity index (χ3v) is 5.97. The molecule has 0 unspecified atom stereocenters. The zero-order valence-electron chi connectivity index (χ0n) is 15.5. The van der Waals surface area contributed by atoms with Crippen molar-refractivity contribution in [2.75, 3.05) is 11.9 Å². The second kappa shape index (κ2) is 7.18. The van der Waals surface area contributed by atoms with Crippen LogP contribution in [0, 0.1) is 0 Å². The van der Waals surface area contributed by atoms with Crippen LogP contribution in [0.3, 0.4) is 0 Å². The van der Waals surface area contributed by atoms with Crippen LogP contribution in [-0.4, -0.2) is 22.5 Å². The average molecular weight is 402 g/mol. The predicted molar refractivity (Wildman–Crippen MR) is 114 cm³/mol. The molecular weight excluding hydrogens is 384 g/mol. The van der Waals surface area contributed by atoms with Gasteiger partial charge in [-0.3, -0.25) is 4.79 Å². The number of ether oxygens (including phenoxy) is 1. The van der Waals surface area contributed by atoms with E-state index in [1.165, 1.54) is 16.9 Å². The van der Waals surface area contributed by atoms with E-state index in [4.69, 9.17) is 15.5 Å². The second-order valence-electron chi connectivity index (χ2n) is 6.81. The number of thiophene rings is 1. The highest BCUT2D eigenvalue weighted by Gasteiger charge is 2.23. The topological polar surface area (TPSA) is 90.1 Å². The molecule has 0 bridgehead atoms. The number of nitrogens with one attached hydrogen (secondary N) is 1. The summed E-state index contributed by atoms with van der Waals surface area (Å²) < 4.78 is 5.74. The van der Waals surface area contributed by atoms with Crippen LogP contribution in [0.1, 0.15) is 21.5 Å². The van der Waals surface area contributed by atoms with Crippen LogP contribution in [0.2, 0.25) is 0 Å². The monoisotopic (exact) mass is 402 g/mol. The molecule has 5 rings (SSSR count). The Morgan fingerprint density at radius 1 is 1.10 bits per heavy atom. The number of hydrogen-bond donors (Lipinski definition) is 2. The van der Waals surface area contributed by atoms with Crippen LogP contribution >= 0.6 is 11.3 Å². The van der Waals surface area contributed by atoms with Crippen LogP contribution in [0.15, 0.2) is 53.9 Å². The van der Waals surface area contributed by atoms with Gasteiger partial charge in [0, 0.05) is 34.7 Å². The molecule has 7 heteroatoms. The lowest BCUT2D eigenvalue weighted by atomic mass is 10.1. The van der Waals surface area contributed by atoms with Crippen molar-refractivity contribution < 1.29 is 9.53 Å². The summed E-state index contributed by atoms with van der Waals surface area (Å²) in [7, 11) is 0. The molecule has 0 saturated carbocycles. The largest absolute Gasteiger partial charge is 0.477 e. The Labute approximate surface area is 171 Å². The lowest BCUT2D eigenvalue weighted by Gasteiger charge is -2.11. The van der Waals surface area contributed by atoms with Gasteiger partial charge in [-0.25, -0.2) is 4.98 Å². The van der Waals surface area contributed by atoms with E-state index in [1.807, 2.05) is 35.7 Å². The molecule has 0 fully saturated rings. The predicted octanol–water partition coefficient (Wildman–Crippen LogP) is 4.00. The van der Waals surface area contributed by atoms with Gasteiger partial charge in [-0.15, -0.1) is 11.3 Å². The minimum Gasteiger partial charge on any atom is -0.477 e. The number of carbonyl (C=O) groups is 1. The van der Waals surface area contributed by atoms with E-state index in [2.05, 4.69) is 22.4 Å². The van der Waals surface area contributed by atoms with Crippen LogP contribution in [0.25, 0.3) is 21.5 Å². The summed E-state index contributed by atoms with van der Waals surface area (Å²) in [6, 6.07) is 15.7. The summed E-state index contributed by atoms with van der Waals surface area (Å²) >= 11 is 1.50. The molecule has 6 nitrogen and oxygen atoms in total. The second-order valence-corrected chi connectivity index (χ2v) is 7.69. The Hall–Kier alpha value is -3.45. The van der Waals surface area contributed by atoms with E-state index in [0.717, 1.165) is 33.5 Å². The first-order chi connectivity index (χ1) is 14.2. The number of nitrogens with zero attached hydrogens (tertiary/aromatic N) is 2. The van der Waals surface area contributed by atoms with Crippen LogP contribution in [0.4, 0.5) is 5.82 Å². The Morgan fingerprint density at radius 2 is 1.97 bits per heavy atom. The molecule has 0 radical (unpaired) electrons. The van der Waals surface area contributed by atoms with E-state index in [-0.39, 0.29) is 0 Å². The first kappa shape index (κ1) is 17.6. The minimum absolute atomic E-state index is 0.441. The van der Waals surface area contributed by atoms with Crippen LogP contribution < -0.4 is 15.8 Å². The zero-order chi connectivity index (χ0) is 19.8. The minimum atomic E-state index is -0.441. The van der Waals surface area contributed by atoms with E-state index in [0.29, 0.717) is 30.4 Å². The van der Waals surface area contributed by atoms with Gasteiger partial charge in [0.25, 0.3) is 0 Å². The highest BCUT2D eigenvalue weighted by atomic mass is 32.1. The highest BCUT2D eigenvalue weighted by molar-refractivity contribution is 7.15. The summed E-state index contributed by atoms with van der Waals surface area (Å²) in [5.74, 6) is 1.56. The van der Waals surface area contributed by atoms with Gasteiger partial charge >= 0.3 is 0 Å². The number of carbonyl (C=O) groups excluding carboxylic acids is 1. The van der Waals surface area contributed by atoms with Crippen LogP contribution in [-0.2, 0) is 13.0 Å². The number of anilines is 1. The fraction of sp³-hybridized carbons (Fsp3) is 0.136. The summed E-state index contributed by atoms with van der Waals surface area (Å²) in [6.07, 6.45) is 0.781. The lowest BCUT2D eigenvalue weighted by Crippen LogP contribution is -2.10. The molecule has 0 saturated heterocycles. The number of amides is 1. The quantitative estimate of drug-likeness (QED) is 0.526. The maximum absolute atomic E-state index is 11.8. The van der Waals surface area contributed by atoms with Gasteiger partial charge in [0.1, 0.15) is 5.82 Å². The third-order valence-electron chi connectivity index (χ3n) is 4.98. The van der Waals surface area contributed by atoms with Crippen molar-refractivity contribution in [3.63, 3.8) is 0 Å². The number of primary amides is 1. The Kier molecular flexibility index (Phi) is 4.37. The standard InChI is InChI=1S/C22H18N4O2S/c23-19(27)15-8-4-7-14-17(15)12-29-18(14)21-25-20(16-9-10-28-22(16)26-21)24-11-13-5-2-1-3-6-13/h1-8,12H,9-11H2,(H2,23,27)(H,24,25,26). The molecule has 4 aromatic rings. The van der Waals surface area contributed by atoms with Gasteiger partial charge in [0.05, 0.1) is 17.0 Å². The smallest absolute Gasteiger partial charge is 0.249 e. The number of nitrogens with two attached hydrogens (primary N) is 1. The fourth-order valence-corrected chi connectivity index (χ4v) is 4.54. The van der Waals surface area contributed by atoms with E-state index >= 15 is 0 Å². The van der Waals surface area contributed by atoms with Gasteiger partial charge in [0.2, 0.25) is 11.8 Å². The van der Waals surface area contributed by atoms with Gasteiger partial charge in [-0.1, -0.05) is 42.5 Å². The molecule has 0 spiro atoms. The summed E-state index contributed by atoms with van der Waals surface area (Å²) in [5, 5.41) is 7.11. The SMILES string of the molecule is NC(=O)c1cccc2c(-c3nc(NCc4ccccc4)c4c(n3)OCC4)scc12. The van der Waals surface area contributed by atoms with E-state index < -0.39 is 5.91 Å². The number of rotatable bonds is 5. The highest BCUT2D eigenvalue weighted by Crippen LogP contribution is 2.38. The molecule has 0 atom stereocenters. The molecule has 0 aliphatic carbocycles. The molecule has 2 aromatic carbocycles. The van der Waals surface area contributed by atoms with Gasteiger partial charge < -0.3 is 15.8 Å². The molecular formula is C22H18N4O2S. The van der Waals surface area contributed by atoms with Crippen molar-refractivity contribution in [3.8, 4) is 16.6 Å². The molecule has 1 amide bonds. The fourth-order valence-electron chi connectivity index (χ4n) is 3.55. The molecule has 144 valence electrons. The normalized spacial score (nSPS) is 12.6. The molecule has 2 aromatic heterocycles. The summed E-state index contributed by atoms with van der Waals surface area (Å²) in [4.78, 5) is 22.1. The van der Waals surface area contributed by atoms with Gasteiger partial charge in [-0.2, -0.15) is 4.98 Å². The van der Waals surface area contributed by atoms with E-state index in [1.54, 1.807) is 6.07 Å². The molecule has 3 heterocycles. The number of benzene rings is 2. The average Bonchev–Trinajstić information content (AvgIpc) is 3.39. The molecule has 29 heavy (non-hydrogen) atoms. The number of aromatic nitrogens is 2. The zero-order valence-corrected chi connectivity index (χ0v) is 16.3. The van der Waals surface area contributed by atoms with Crippen molar-refractivity contribution in [1.82, 2.24) is 9.97 Å². The number of fused-ring (bicyclic) bond motifs is 2. The van der Waals surface area contributed by atoms with Crippen molar-refractivity contribution in [1.29, 1.82) is 0 Å². The maximum atomic E-state index is 11.8. The lowest BCUT2D eigenvalue weighted by molar-refractivity contribution is 0.100. The Morgan fingerprint density at radius 3 is 2.79 bits per heavy atom. The first-order valence-electron chi connectivity index (χ1n) is 9.32. The maximum Gasteiger partial charge on any atom is 0.249 e. The molecule has 1 aliphatic rings. The van der Waals surface area contributed by atoms with Crippen molar-refractivity contribution >= 4 is 33.8 Å². The van der Waals surface area contributed by atoms with Gasteiger partial charge in [-0.05, 0) is 11.6 Å². The first-order valence-corrected chi connectivity index (χ1v) is 10.2. The summed E-state index contributed by atoms with van der Waals surface area (Å²) in [5.41, 5.74) is 8.21. The van der Waals surface area contributed by atoms with Crippen molar-refractivity contribution in [3.05, 3.63) is 70.6 Å². The Balaban J connectivity index is 1.57. The van der Waals surface area contributed by atoms with Crippen LogP contribution in [0.5, 0.6) is 5.88 Å². The third kappa shape index (κ3) is 3.19. The van der Waals surface area contributed by atoms with Crippen molar-refractivity contribution in [2.24, 2.45) is 5.73 Å². The van der Waals surface area contributed by atoms with Gasteiger partial charge in [0.15, 0.2) is 5.82 Å². The number of hydrogen-bond acceptors (Lipinski definition) is 6. The molecule has 1 aliphatic heterocycles.